The molecule has 32 heavy (non-hydrogen) atoms. The molecule has 0 atom stereocenters. The molecule has 1 amide bonds. The van der Waals surface area contributed by atoms with Gasteiger partial charge in [-0.2, -0.15) is 13.2 Å². The van der Waals surface area contributed by atoms with Crippen LogP contribution in [0.1, 0.15) is 11.1 Å². The van der Waals surface area contributed by atoms with E-state index < -0.39 is 28.3 Å². The number of ether oxygens (including phenoxy) is 1. The first-order valence-corrected chi connectivity index (χ1v) is 10.9. The summed E-state index contributed by atoms with van der Waals surface area (Å²) < 4.78 is 43.7. The minimum absolute atomic E-state index is 0.00314. The topological polar surface area (TPSA) is 84.7 Å². The van der Waals surface area contributed by atoms with Crippen molar-refractivity contribution in [3.63, 3.8) is 0 Å². The summed E-state index contributed by atoms with van der Waals surface area (Å²) in [5, 5.41) is 13.8. The van der Waals surface area contributed by atoms with E-state index in [2.05, 4.69) is 10.2 Å². The van der Waals surface area contributed by atoms with Crippen molar-refractivity contribution in [2.45, 2.75) is 17.5 Å². The Labute approximate surface area is 187 Å². The molecule has 0 unspecified atom stereocenters. The molecule has 2 aromatic rings. The SMILES string of the molecule is O=C(CSc1ccc(C(F)(F)F)cc1[N+](=O)[O-])Nc1ccc(CCN2CCOCC2)cc1. The van der Waals surface area contributed by atoms with E-state index in [0.717, 1.165) is 68.7 Å². The highest BCUT2D eigenvalue weighted by molar-refractivity contribution is 8.00. The van der Waals surface area contributed by atoms with Crippen LogP contribution in [0.5, 0.6) is 0 Å². The summed E-state index contributed by atoms with van der Waals surface area (Å²) >= 11 is 0.812. The first-order valence-electron chi connectivity index (χ1n) is 9.90. The molecule has 1 N–H and O–H groups in total. The Balaban J connectivity index is 1.52. The van der Waals surface area contributed by atoms with Gasteiger partial charge in [0.25, 0.3) is 5.69 Å². The van der Waals surface area contributed by atoms with Crippen molar-refractivity contribution in [1.82, 2.24) is 4.90 Å². The Hall–Kier alpha value is -2.63. The largest absolute Gasteiger partial charge is 0.416 e. The standard InChI is InChI=1S/C21H22F3N3O4S/c22-21(23,24)16-3-6-19(18(13-16)27(29)30)32-14-20(28)25-17-4-1-15(2-5-17)7-8-26-9-11-31-12-10-26/h1-6,13H,7-12,14H2,(H,25,28). The molecule has 0 aromatic heterocycles. The number of benzene rings is 2. The highest BCUT2D eigenvalue weighted by atomic mass is 32.2. The molecule has 0 aliphatic carbocycles. The molecule has 7 nitrogen and oxygen atoms in total. The second-order valence-electron chi connectivity index (χ2n) is 7.18. The van der Waals surface area contributed by atoms with Gasteiger partial charge >= 0.3 is 6.18 Å². The predicted octanol–water partition coefficient (Wildman–Crippen LogP) is 4.22. The summed E-state index contributed by atoms with van der Waals surface area (Å²) in [4.78, 5) is 24.8. The molecule has 0 radical (unpaired) electrons. The van der Waals surface area contributed by atoms with Crippen LogP contribution in [0.25, 0.3) is 0 Å². The number of nitrogens with one attached hydrogen (secondary N) is 1. The van der Waals surface area contributed by atoms with Gasteiger partial charge in [-0.3, -0.25) is 19.8 Å². The highest BCUT2D eigenvalue weighted by Crippen LogP contribution is 2.36. The van der Waals surface area contributed by atoms with E-state index in [9.17, 15) is 28.1 Å². The summed E-state index contributed by atoms with van der Waals surface area (Å²) in [5.74, 6) is -0.587. The molecule has 1 fully saturated rings. The van der Waals surface area contributed by atoms with E-state index in [4.69, 9.17) is 4.74 Å². The number of carbonyl (C=O) groups excluding carboxylic acids is 1. The van der Waals surface area contributed by atoms with Gasteiger partial charge in [0.2, 0.25) is 5.91 Å². The molecule has 3 rings (SSSR count). The molecular formula is C21H22F3N3O4S. The average Bonchev–Trinajstić information content (AvgIpc) is 2.77. The van der Waals surface area contributed by atoms with Crippen molar-refractivity contribution in [3.05, 3.63) is 63.7 Å². The normalized spacial score (nSPS) is 14.8. The van der Waals surface area contributed by atoms with Gasteiger partial charge < -0.3 is 10.1 Å². The summed E-state index contributed by atoms with van der Waals surface area (Å²) in [6, 6.07) is 9.66. The smallest absolute Gasteiger partial charge is 0.379 e. The van der Waals surface area contributed by atoms with Gasteiger partial charge in [0.15, 0.2) is 0 Å². The Morgan fingerprint density at radius 3 is 2.47 bits per heavy atom. The van der Waals surface area contributed by atoms with E-state index in [1.54, 1.807) is 12.1 Å². The quantitative estimate of drug-likeness (QED) is 0.354. The van der Waals surface area contributed by atoms with E-state index >= 15 is 0 Å². The number of morpholine rings is 1. The number of halogens is 3. The number of hydrogen-bond donors (Lipinski definition) is 1. The maximum Gasteiger partial charge on any atom is 0.416 e. The fourth-order valence-electron chi connectivity index (χ4n) is 3.17. The molecule has 11 heteroatoms. The van der Waals surface area contributed by atoms with Crippen molar-refractivity contribution in [2.75, 3.05) is 43.9 Å². The number of nitrogens with zero attached hydrogens (tertiary/aromatic N) is 2. The minimum atomic E-state index is -4.68. The second-order valence-corrected chi connectivity index (χ2v) is 8.19. The lowest BCUT2D eigenvalue weighted by atomic mass is 10.1. The predicted molar refractivity (Wildman–Crippen MR) is 115 cm³/mol. The van der Waals surface area contributed by atoms with E-state index in [1.807, 2.05) is 12.1 Å². The van der Waals surface area contributed by atoms with Gasteiger partial charge in [-0.25, -0.2) is 0 Å². The zero-order chi connectivity index (χ0) is 23.1. The molecular weight excluding hydrogens is 447 g/mol. The number of rotatable bonds is 8. The zero-order valence-electron chi connectivity index (χ0n) is 17.1. The lowest BCUT2D eigenvalue weighted by molar-refractivity contribution is -0.388. The maximum absolute atomic E-state index is 12.8. The fourth-order valence-corrected chi connectivity index (χ4v) is 3.97. The van der Waals surface area contributed by atoms with Gasteiger partial charge in [0, 0.05) is 31.4 Å². The third kappa shape index (κ3) is 6.94. The summed E-state index contributed by atoms with van der Waals surface area (Å²) in [7, 11) is 0. The Morgan fingerprint density at radius 2 is 1.84 bits per heavy atom. The van der Waals surface area contributed by atoms with Gasteiger partial charge in [-0.15, -0.1) is 11.8 Å². The molecule has 172 valence electrons. The van der Waals surface area contributed by atoms with E-state index in [-0.39, 0.29) is 10.6 Å². The maximum atomic E-state index is 12.8. The van der Waals surface area contributed by atoms with E-state index in [0.29, 0.717) is 11.8 Å². The van der Waals surface area contributed by atoms with Crippen molar-refractivity contribution < 1.29 is 27.6 Å². The van der Waals surface area contributed by atoms with Gasteiger partial charge in [-0.05, 0) is 36.2 Å². The fraction of sp³-hybridized carbons (Fsp3) is 0.381. The number of hydrogen-bond acceptors (Lipinski definition) is 6. The monoisotopic (exact) mass is 469 g/mol. The summed E-state index contributed by atoms with van der Waals surface area (Å²) in [6.45, 7) is 4.26. The van der Waals surface area contributed by atoms with Crippen LogP contribution >= 0.6 is 11.8 Å². The third-order valence-corrected chi connectivity index (χ3v) is 5.96. The van der Waals surface area contributed by atoms with Crippen molar-refractivity contribution in [2.24, 2.45) is 0 Å². The number of thioether (sulfide) groups is 1. The van der Waals surface area contributed by atoms with Gasteiger partial charge in [-0.1, -0.05) is 12.1 Å². The number of nitro groups is 1. The number of alkyl halides is 3. The molecule has 0 spiro atoms. The third-order valence-electron chi connectivity index (χ3n) is 4.90. The molecule has 1 aliphatic rings. The van der Waals surface area contributed by atoms with Crippen LogP contribution in [-0.4, -0.2) is 54.3 Å². The van der Waals surface area contributed by atoms with Crippen LogP contribution in [0.2, 0.25) is 0 Å². The number of anilines is 1. The van der Waals surface area contributed by atoms with Crippen LogP contribution < -0.4 is 5.32 Å². The summed E-state index contributed by atoms with van der Waals surface area (Å²) in [5.41, 5.74) is -0.0779. The summed E-state index contributed by atoms with van der Waals surface area (Å²) in [6.07, 6.45) is -3.80. The first kappa shape index (κ1) is 24.0. The second kappa shape index (κ2) is 10.8. The van der Waals surface area contributed by atoms with Crippen LogP contribution in [-0.2, 0) is 22.1 Å². The first-order chi connectivity index (χ1) is 15.2. The lowest BCUT2D eigenvalue weighted by Crippen LogP contribution is -2.37. The Kier molecular flexibility index (Phi) is 8.10. The molecule has 2 aromatic carbocycles. The number of amides is 1. The molecule has 0 saturated carbocycles. The van der Waals surface area contributed by atoms with Gasteiger partial charge in [0.05, 0.1) is 34.3 Å². The van der Waals surface area contributed by atoms with Crippen LogP contribution in [0, 0.1) is 10.1 Å². The van der Waals surface area contributed by atoms with E-state index in [1.165, 1.54) is 0 Å². The molecule has 1 heterocycles. The molecule has 1 aliphatic heterocycles. The van der Waals surface area contributed by atoms with Crippen LogP contribution in [0.3, 0.4) is 0 Å². The lowest BCUT2D eigenvalue weighted by Gasteiger charge is -2.26. The van der Waals surface area contributed by atoms with Crippen LogP contribution in [0.4, 0.5) is 24.5 Å². The Bertz CT molecular complexity index is 948. The number of nitro benzene ring substituents is 1. The molecule has 0 bridgehead atoms. The zero-order valence-corrected chi connectivity index (χ0v) is 17.9. The van der Waals surface area contributed by atoms with Crippen molar-refractivity contribution in [3.8, 4) is 0 Å². The number of carbonyl (C=O) groups is 1. The Morgan fingerprint density at radius 1 is 1.16 bits per heavy atom. The molecule has 1 saturated heterocycles. The van der Waals surface area contributed by atoms with Crippen molar-refractivity contribution >= 4 is 29.0 Å². The van der Waals surface area contributed by atoms with Gasteiger partial charge in [0.1, 0.15) is 0 Å². The minimum Gasteiger partial charge on any atom is -0.379 e. The average molecular weight is 469 g/mol. The highest BCUT2D eigenvalue weighted by Gasteiger charge is 2.33. The van der Waals surface area contributed by atoms with Crippen molar-refractivity contribution in [1.29, 1.82) is 0 Å². The van der Waals surface area contributed by atoms with Crippen LogP contribution in [0.15, 0.2) is 47.4 Å².